The molecule has 0 aromatic carbocycles. The van der Waals surface area contributed by atoms with Gasteiger partial charge in [0.1, 0.15) is 0 Å². The largest absolute Gasteiger partial charge is 0.355 e. The zero-order valence-electron chi connectivity index (χ0n) is 16.8. The molecule has 0 spiro atoms. The van der Waals surface area contributed by atoms with Gasteiger partial charge in [0.2, 0.25) is 11.8 Å². The van der Waals surface area contributed by atoms with Crippen molar-refractivity contribution in [3.63, 3.8) is 0 Å². The quantitative estimate of drug-likeness (QED) is 0.746. The van der Waals surface area contributed by atoms with E-state index in [4.69, 9.17) is 0 Å². The minimum absolute atomic E-state index is 0.0743. The maximum absolute atomic E-state index is 12.4. The van der Waals surface area contributed by atoms with E-state index in [0.29, 0.717) is 25.2 Å². The Morgan fingerprint density at radius 2 is 1.24 bits per heavy atom. The van der Waals surface area contributed by atoms with Crippen molar-refractivity contribution in [2.24, 2.45) is 17.3 Å². The highest BCUT2D eigenvalue weighted by Crippen LogP contribution is 2.24. The summed E-state index contributed by atoms with van der Waals surface area (Å²) in [6.07, 6.45) is 1.85. The molecule has 0 saturated carbocycles. The first kappa shape index (κ1) is 20.2. The van der Waals surface area contributed by atoms with E-state index >= 15 is 0 Å². The summed E-state index contributed by atoms with van der Waals surface area (Å²) < 4.78 is 0. The van der Waals surface area contributed by atoms with E-state index in [2.05, 4.69) is 62.2 Å². The Morgan fingerprint density at radius 1 is 0.880 bits per heavy atom. The number of carbonyl (C=O) groups excluding carboxylic acids is 2. The summed E-state index contributed by atoms with van der Waals surface area (Å²) in [5.41, 5.74) is -0.160. The predicted octanol–water partition coefficient (Wildman–Crippen LogP) is 0.925. The molecule has 0 aromatic rings. The molecular formula is C19H36N4O2. The molecule has 0 unspecified atom stereocenters. The number of hydrogen-bond donors (Lipinski definition) is 2. The first-order chi connectivity index (χ1) is 11.6. The number of nitrogens with one attached hydrogen (secondary N) is 2. The Balaban J connectivity index is 1.76. The minimum Gasteiger partial charge on any atom is -0.355 e. The molecule has 0 aromatic heterocycles. The summed E-state index contributed by atoms with van der Waals surface area (Å²) in [6.45, 7) is 11.5. The third-order valence-electron chi connectivity index (χ3n) is 6.30. The van der Waals surface area contributed by atoms with Crippen LogP contribution in [0.15, 0.2) is 0 Å². The highest BCUT2D eigenvalue weighted by atomic mass is 16.2. The van der Waals surface area contributed by atoms with Gasteiger partial charge in [0.25, 0.3) is 0 Å². The molecule has 2 saturated heterocycles. The monoisotopic (exact) mass is 352 g/mol. The van der Waals surface area contributed by atoms with Crippen molar-refractivity contribution in [3.05, 3.63) is 0 Å². The van der Waals surface area contributed by atoms with Crippen LogP contribution in [-0.2, 0) is 9.59 Å². The van der Waals surface area contributed by atoms with E-state index in [1.807, 2.05) is 0 Å². The van der Waals surface area contributed by atoms with E-state index in [0.717, 1.165) is 25.9 Å². The van der Waals surface area contributed by atoms with Crippen molar-refractivity contribution in [2.45, 2.75) is 52.6 Å². The molecule has 144 valence electrons. The lowest BCUT2D eigenvalue weighted by Crippen LogP contribution is -2.46. The predicted molar refractivity (Wildman–Crippen MR) is 100 cm³/mol. The van der Waals surface area contributed by atoms with Crippen molar-refractivity contribution >= 4 is 11.8 Å². The maximum Gasteiger partial charge on any atom is 0.224 e. The van der Waals surface area contributed by atoms with Gasteiger partial charge in [0.15, 0.2) is 0 Å². The first-order valence-corrected chi connectivity index (χ1v) is 9.58. The summed E-state index contributed by atoms with van der Waals surface area (Å²) in [7, 11) is 4.14. The van der Waals surface area contributed by atoms with Crippen LogP contribution in [0, 0.1) is 17.3 Å². The van der Waals surface area contributed by atoms with Gasteiger partial charge in [-0.25, -0.2) is 0 Å². The van der Waals surface area contributed by atoms with Crippen LogP contribution in [0.25, 0.3) is 0 Å². The third kappa shape index (κ3) is 4.94. The second-order valence-electron chi connectivity index (χ2n) is 8.83. The second kappa shape index (κ2) is 8.04. The maximum atomic E-state index is 12.4. The summed E-state index contributed by atoms with van der Waals surface area (Å²) >= 11 is 0. The van der Waals surface area contributed by atoms with Gasteiger partial charge in [-0.2, -0.15) is 0 Å². The van der Waals surface area contributed by atoms with Gasteiger partial charge in [0, 0.05) is 25.2 Å². The molecule has 2 fully saturated rings. The van der Waals surface area contributed by atoms with Crippen LogP contribution in [0.4, 0.5) is 0 Å². The lowest BCUT2D eigenvalue weighted by Gasteiger charge is -2.28. The number of amides is 2. The molecule has 4 atom stereocenters. The van der Waals surface area contributed by atoms with Crippen LogP contribution < -0.4 is 10.6 Å². The van der Waals surface area contributed by atoms with E-state index in [1.54, 1.807) is 0 Å². The Kier molecular flexibility index (Phi) is 6.49. The fraction of sp³-hybridized carbons (Fsp3) is 0.895. The molecule has 0 aliphatic carbocycles. The molecule has 0 radical (unpaired) electrons. The zero-order chi connectivity index (χ0) is 18.8. The normalized spacial score (nSPS) is 31.3. The molecule has 6 nitrogen and oxygen atoms in total. The fourth-order valence-electron chi connectivity index (χ4n) is 3.87. The summed E-state index contributed by atoms with van der Waals surface area (Å²) in [5, 5.41) is 6.20. The average molecular weight is 353 g/mol. The fourth-order valence-corrected chi connectivity index (χ4v) is 3.87. The van der Waals surface area contributed by atoms with Crippen molar-refractivity contribution in [1.82, 2.24) is 20.4 Å². The highest BCUT2D eigenvalue weighted by Gasteiger charge is 2.35. The van der Waals surface area contributed by atoms with Crippen molar-refractivity contribution in [1.29, 1.82) is 0 Å². The van der Waals surface area contributed by atoms with Crippen LogP contribution in [0.2, 0.25) is 0 Å². The van der Waals surface area contributed by atoms with Gasteiger partial charge in [-0.15, -0.1) is 0 Å². The SMILES string of the molecule is C[C@@H]1[C@H](C(=O)NCC(C)(C)CNC(=O)[C@@H]2CCN(C)[C@H]2C)CCN1C. The van der Waals surface area contributed by atoms with Crippen LogP contribution in [0.1, 0.15) is 40.5 Å². The lowest BCUT2D eigenvalue weighted by atomic mass is 9.91. The van der Waals surface area contributed by atoms with Gasteiger partial charge in [0.05, 0.1) is 11.8 Å². The van der Waals surface area contributed by atoms with Crippen LogP contribution >= 0.6 is 0 Å². The molecule has 2 heterocycles. The van der Waals surface area contributed by atoms with E-state index in [9.17, 15) is 9.59 Å². The molecule has 2 aliphatic rings. The van der Waals surface area contributed by atoms with Gasteiger partial charge < -0.3 is 20.4 Å². The molecule has 2 aliphatic heterocycles. The van der Waals surface area contributed by atoms with E-state index in [1.165, 1.54) is 0 Å². The van der Waals surface area contributed by atoms with Crippen molar-refractivity contribution in [3.8, 4) is 0 Å². The number of likely N-dealkylation sites (tertiary alicyclic amines) is 2. The van der Waals surface area contributed by atoms with Gasteiger partial charge in [-0.3, -0.25) is 9.59 Å². The molecule has 2 N–H and O–H groups in total. The Labute approximate surface area is 152 Å². The standard InChI is InChI=1S/C19H36N4O2/c1-13-15(7-9-22(13)5)17(24)20-11-19(3,4)12-21-18(25)16-8-10-23(6)14(16)2/h13-16H,7-12H2,1-6H3,(H,20,24)(H,21,25)/t13-,14+,15-,16-/m1/s1. The Bertz CT molecular complexity index is 452. The summed E-state index contributed by atoms with van der Waals surface area (Å²) in [4.78, 5) is 29.4. The second-order valence-corrected chi connectivity index (χ2v) is 8.83. The molecular weight excluding hydrogens is 316 g/mol. The van der Waals surface area contributed by atoms with Gasteiger partial charge in [-0.05, 0) is 59.3 Å². The van der Waals surface area contributed by atoms with Crippen LogP contribution in [0.5, 0.6) is 0 Å². The Morgan fingerprint density at radius 3 is 1.52 bits per heavy atom. The van der Waals surface area contributed by atoms with Gasteiger partial charge in [-0.1, -0.05) is 13.8 Å². The lowest BCUT2D eigenvalue weighted by molar-refractivity contribution is -0.126. The average Bonchev–Trinajstić information content (AvgIpc) is 3.07. The summed E-state index contributed by atoms with van der Waals surface area (Å²) in [5.74, 6) is 0.431. The number of rotatable bonds is 6. The van der Waals surface area contributed by atoms with E-state index in [-0.39, 0.29) is 29.1 Å². The third-order valence-corrected chi connectivity index (χ3v) is 6.30. The smallest absolute Gasteiger partial charge is 0.224 e. The highest BCUT2D eigenvalue weighted by molar-refractivity contribution is 5.80. The molecule has 0 bridgehead atoms. The molecule has 2 amide bonds. The minimum atomic E-state index is -0.160. The van der Waals surface area contributed by atoms with Crippen LogP contribution in [0.3, 0.4) is 0 Å². The number of nitrogens with zero attached hydrogens (tertiary/aromatic N) is 2. The zero-order valence-corrected chi connectivity index (χ0v) is 16.8. The number of carbonyl (C=O) groups is 2. The van der Waals surface area contributed by atoms with Crippen molar-refractivity contribution in [2.75, 3.05) is 40.3 Å². The molecule has 6 heteroatoms. The molecule has 25 heavy (non-hydrogen) atoms. The summed E-state index contributed by atoms with van der Waals surface area (Å²) in [6, 6.07) is 0.590. The molecule has 2 rings (SSSR count). The number of hydrogen-bond acceptors (Lipinski definition) is 4. The Hall–Kier alpha value is -1.14. The van der Waals surface area contributed by atoms with Gasteiger partial charge >= 0.3 is 0 Å². The topological polar surface area (TPSA) is 64.7 Å². The van der Waals surface area contributed by atoms with Crippen LogP contribution in [-0.4, -0.2) is 74.0 Å². The van der Waals surface area contributed by atoms with E-state index < -0.39 is 0 Å². The van der Waals surface area contributed by atoms with Crippen molar-refractivity contribution < 1.29 is 9.59 Å². The first-order valence-electron chi connectivity index (χ1n) is 9.58.